The first-order valence-electron chi connectivity index (χ1n) is 6.11. The summed E-state index contributed by atoms with van der Waals surface area (Å²) in [6, 6.07) is 0.411. The molecule has 96 valence electrons. The second kappa shape index (κ2) is 4.74. The van der Waals surface area contributed by atoms with Gasteiger partial charge in [0, 0.05) is 18.0 Å². The average molecular weight is 239 g/mol. The predicted molar refractivity (Wildman–Crippen MR) is 63.7 cm³/mol. The van der Waals surface area contributed by atoms with Crippen molar-refractivity contribution in [1.82, 2.24) is 15.0 Å². The van der Waals surface area contributed by atoms with E-state index in [4.69, 9.17) is 9.26 Å². The molecule has 0 radical (unpaired) electrons. The van der Waals surface area contributed by atoms with Crippen LogP contribution in [0.25, 0.3) is 0 Å². The Morgan fingerprint density at radius 3 is 2.76 bits per heavy atom. The van der Waals surface area contributed by atoms with E-state index in [1.165, 1.54) is 0 Å². The Balaban J connectivity index is 2.01. The number of ether oxygens (including phenoxy) is 1. The van der Waals surface area contributed by atoms with E-state index in [2.05, 4.69) is 42.7 Å². The first-order chi connectivity index (χ1) is 7.97. The summed E-state index contributed by atoms with van der Waals surface area (Å²) in [7, 11) is 0. The summed E-state index contributed by atoms with van der Waals surface area (Å²) in [5.74, 6) is 1.47. The lowest BCUT2D eigenvalue weighted by molar-refractivity contribution is -0.00852. The SMILES string of the molecule is C[C@@H]1COCCN1Cc1nc(C(C)(C)C)no1. The first-order valence-corrected chi connectivity index (χ1v) is 6.11. The van der Waals surface area contributed by atoms with Gasteiger partial charge in [-0.25, -0.2) is 0 Å². The van der Waals surface area contributed by atoms with Crippen molar-refractivity contribution in [3.63, 3.8) is 0 Å². The van der Waals surface area contributed by atoms with E-state index in [1.54, 1.807) is 0 Å². The van der Waals surface area contributed by atoms with Crippen LogP contribution < -0.4 is 0 Å². The van der Waals surface area contributed by atoms with Crippen LogP contribution >= 0.6 is 0 Å². The van der Waals surface area contributed by atoms with Crippen LogP contribution in [0.15, 0.2) is 4.52 Å². The lowest BCUT2D eigenvalue weighted by atomic mass is 9.96. The molecule has 1 aromatic rings. The van der Waals surface area contributed by atoms with E-state index in [-0.39, 0.29) is 5.41 Å². The maximum absolute atomic E-state index is 5.40. The highest BCUT2D eigenvalue weighted by Crippen LogP contribution is 2.19. The van der Waals surface area contributed by atoms with Gasteiger partial charge in [-0.05, 0) is 6.92 Å². The molecule has 0 aromatic carbocycles. The maximum atomic E-state index is 5.40. The molecule has 0 unspecified atom stereocenters. The van der Waals surface area contributed by atoms with E-state index in [0.29, 0.717) is 18.5 Å². The zero-order chi connectivity index (χ0) is 12.5. The second-order valence-electron chi connectivity index (χ2n) is 5.66. The highest BCUT2D eigenvalue weighted by Gasteiger charge is 2.24. The molecule has 1 atom stereocenters. The van der Waals surface area contributed by atoms with Crippen molar-refractivity contribution >= 4 is 0 Å². The third-order valence-corrected chi connectivity index (χ3v) is 2.98. The van der Waals surface area contributed by atoms with Crippen molar-refractivity contribution in [3.8, 4) is 0 Å². The average Bonchev–Trinajstić information content (AvgIpc) is 2.69. The standard InChI is InChI=1S/C12H21N3O2/c1-9-8-16-6-5-15(9)7-10-13-11(14-17-10)12(2,3)4/h9H,5-8H2,1-4H3/t9-/m1/s1. The summed E-state index contributed by atoms with van der Waals surface area (Å²) in [5.41, 5.74) is -0.0572. The Hall–Kier alpha value is -0.940. The number of nitrogens with zero attached hydrogens (tertiary/aromatic N) is 3. The van der Waals surface area contributed by atoms with Gasteiger partial charge in [0.25, 0.3) is 0 Å². The molecule has 5 heteroatoms. The highest BCUT2D eigenvalue weighted by atomic mass is 16.5. The van der Waals surface area contributed by atoms with Crippen molar-refractivity contribution in [2.24, 2.45) is 0 Å². The molecule has 5 nitrogen and oxygen atoms in total. The van der Waals surface area contributed by atoms with E-state index in [0.717, 1.165) is 25.6 Å². The zero-order valence-corrected chi connectivity index (χ0v) is 11.1. The first kappa shape index (κ1) is 12.5. The van der Waals surface area contributed by atoms with Crippen LogP contribution in [0, 0.1) is 0 Å². The van der Waals surface area contributed by atoms with Crippen LogP contribution in [0.3, 0.4) is 0 Å². The van der Waals surface area contributed by atoms with Gasteiger partial charge in [0.05, 0.1) is 19.8 Å². The third-order valence-electron chi connectivity index (χ3n) is 2.98. The molecule has 2 rings (SSSR count). The Labute approximate surface area is 102 Å². The molecule has 1 aliphatic rings. The molecule has 1 aliphatic heterocycles. The fraction of sp³-hybridized carbons (Fsp3) is 0.833. The summed E-state index contributed by atoms with van der Waals surface area (Å²) in [6.45, 7) is 11.6. The largest absolute Gasteiger partial charge is 0.379 e. The molecule has 2 heterocycles. The number of hydrogen-bond donors (Lipinski definition) is 0. The Morgan fingerprint density at radius 2 is 2.18 bits per heavy atom. The number of hydrogen-bond acceptors (Lipinski definition) is 5. The Morgan fingerprint density at radius 1 is 1.41 bits per heavy atom. The smallest absolute Gasteiger partial charge is 0.240 e. The van der Waals surface area contributed by atoms with Gasteiger partial charge in [0.15, 0.2) is 5.82 Å². The van der Waals surface area contributed by atoms with Gasteiger partial charge >= 0.3 is 0 Å². The van der Waals surface area contributed by atoms with Crippen molar-refractivity contribution in [1.29, 1.82) is 0 Å². The molecule has 0 amide bonds. The van der Waals surface area contributed by atoms with E-state index >= 15 is 0 Å². The van der Waals surface area contributed by atoms with Crippen LogP contribution in [-0.2, 0) is 16.7 Å². The molecule has 0 saturated carbocycles. The van der Waals surface area contributed by atoms with Gasteiger partial charge in [-0.1, -0.05) is 25.9 Å². The molecule has 0 N–H and O–H groups in total. The van der Waals surface area contributed by atoms with Gasteiger partial charge in [-0.15, -0.1) is 0 Å². The van der Waals surface area contributed by atoms with Gasteiger partial charge < -0.3 is 9.26 Å². The van der Waals surface area contributed by atoms with E-state index < -0.39 is 0 Å². The number of aromatic nitrogens is 2. The summed E-state index contributed by atoms with van der Waals surface area (Å²) in [5, 5.41) is 4.03. The normalized spacial score (nSPS) is 22.9. The van der Waals surface area contributed by atoms with Crippen molar-refractivity contribution < 1.29 is 9.26 Å². The molecule has 1 fully saturated rings. The lowest BCUT2D eigenvalue weighted by Crippen LogP contribution is -2.43. The third kappa shape index (κ3) is 3.04. The molecule has 1 saturated heterocycles. The minimum absolute atomic E-state index is 0.0572. The van der Waals surface area contributed by atoms with E-state index in [9.17, 15) is 0 Å². The minimum Gasteiger partial charge on any atom is -0.379 e. The number of morpholine rings is 1. The van der Waals surface area contributed by atoms with Crippen LogP contribution in [0.5, 0.6) is 0 Å². The maximum Gasteiger partial charge on any atom is 0.240 e. The molecular weight excluding hydrogens is 218 g/mol. The summed E-state index contributed by atoms with van der Waals surface area (Å²) < 4.78 is 10.7. The molecule has 0 aliphatic carbocycles. The fourth-order valence-electron chi connectivity index (χ4n) is 1.79. The predicted octanol–water partition coefficient (Wildman–Crippen LogP) is 1.59. The quantitative estimate of drug-likeness (QED) is 0.784. The summed E-state index contributed by atoms with van der Waals surface area (Å²) in [4.78, 5) is 6.76. The summed E-state index contributed by atoms with van der Waals surface area (Å²) >= 11 is 0. The van der Waals surface area contributed by atoms with Gasteiger partial charge in [-0.2, -0.15) is 4.98 Å². The molecule has 0 bridgehead atoms. The Kier molecular flexibility index (Phi) is 3.49. The van der Waals surface area contributed by atoms with Gasteiger partial charge in [0.2, 0.25) is 5.89 Å². The number of rotatable bonds is 2. The monoisotopic (exact) mass is 239 g/mol. The van der Waals surface area contributed by atoms with Crippen molar-refractivity contribution in [2.75, 3.05) is 19.8 Å². The fourth-order valence-corrected chi connectivity index (χ4v) is 1.79. The van der Waals surface area contributed by atoms with E-state index in [1.807, 2.05) is 0 Å². The van der Waals surface area contributed by atoms with Crippen molar-refractivity contribution in [2.45, 2.75) is 45.7 Å². The van der Waals surface area contributed by atoms with Crippen LogP contribution in [-0.4, -0.2) is 40.8 Å². The van der Waals surface area contributed by atoms with Crippen LogP contribution in [0.2, 0.25) is 0 Å². The van der Waals surface area contributed by atoms with Gasteiger partial charge in [-0.3, -0.25) is 4.90 Å². The molecule has 0 spiro atoms. The Bertz CT molecular complexity index is 370. The highest BCUT2D eigenvalue weighted by molar-refractivity contribution is 5.00. The van der Waals surface area contributed by atoms with Crippen molar-refractivity contribution in [3.05, 3.63) is 11.7 Å². The van der Waals surface area contributed by atoms with Gasteiger partial charge in [0.1, 0.15) is 0 Å². The molecular formula is C12H21N3O2. The topological polar surface area (TPSA) is 51.4 Å². The lowest BCUT2D eigenvalue weighted by Gasteiger charge is -2.31. The minimum atomic E-state index is -0.0572. The van der Waals surface area contributed by atoms with Crippen LogP contribution in [0.4, 0.5) is 0 Å². The molecule has 17 heavy (non-hydrogen) atoms. The van der Waals surface area contributed by atoms with Crippen LogP contribution in [0.1, 0.15) is 39.4 Å². The second-order valence-corrected chi connectivity index (χ2v) is 5.66. The molecule has 1 aromatic heterocycles. The zero-order valence-electron chi connectivity index (χ0n) is 11.1. The summed E-state index contributed by atoms with van der Waals surface area (Å²) in [6.07, 6.45) is 0.